The predicted molar refractivity (Wildman–Crippen MR) is 98.6 cm³/mol. The van der Waals surface area contributed by atoms with Crippen LogP contribution in [0.1, 0.15) is 43.7 Å². The Hall–Kier alpha value is -2.28. The highest BCUT2D eigenvalue weighted by atomic mass is 32.1. The van der Waals surface area contributed by atoms with E-state index < -0.39 is 0 Å². The van der Waals surface area contributed by atoms with Crippen molar-refractivity contribution in [3.63, 3.8) is 0 Å². The highest BCUT2D eigenvalue weighted by molar-refractivity contribution is 7.13. The van der Waals surface area contributed by atoms with Gasteiger partial charge >= 0.3 is 6.03 Å². The van der Waals surface area contributed by atoms with E-state index in [0.717, 1.165) is 11.4 Å². The van der Waals surface area contributed by atoms with E-state index in [0.29, 0.717) is 16.8 Å². The molecule has 6 nitrogen and oxygen atoms in total. The summed E-state index contributed by atoms with van der Waals surface area (Å²) in [5.74, 6) is 1.97. The molecule has 1 aliphatic rings. The monoisotopic (exact) mass is 361 g/mol. The van der Waals surface area contributed by atoms with Crippen LogP contribution in [0, 0.1) is 0 Å². The molecule has 1 saturated carbocycles. The zero-order valence-electron chi connectivity index (χ0n) is 14.3. The third-order valence-electron chi connectivity index (χ3n) is 4.30. The lowest BCUT2D eigenvalue weighted by Crippen LogP contribution is -2.32. The number of benzene rings is 1. The molecule has 0 saturated heterocycles. The van der Waals surface area contributed by atoms with Gasteiger partial charge in [0.2, 0.25) is 0 Å². The Kier molecular flexibility index (Phi) is 6.11. The fraction of sp³-hybridized carbons (Fsp3) is 0.444. The van der Waals surface area contributed by atoms with Crippen molar-refractivity contribution in [3.05, 3.63) is 35.3 Å². The van der Waals surface area contributed by atoms with Gasteiger partial charge in [-0.25, -0.2) is 9.78 Å². The van der Waals surface area contributed by atoms with E-state index in [-0.39, 0.29) is 12.8 Å². The van der Waals surface area contributed by atoms with Crippen LogP contribution in [0.3, 0.4) is 0 Å². The second kappa shape index (κ2) is 8.71. The van der Waals surface area contributed by atoms with Crippen molar-refractivity contribution >= 4 is 22.5 Å². The van der Waals surface area contributed by atoms with Gasteiger partial charge in [-0.05, 0) is 37.1 Å². The predicted octanol–water partition coefficient (Wildman–Crippen LogP) is 4.36. The number of ether oxygens (including phenoxy) is 2. The average Bonchev–Trinajstić information content (AvgIpc) is 3.11. The molecule has 1 heterocycles. The molecular weight excluding hydrogens is 338 g/mol. The summed E-state index contributed by atoms with van der Waals surface area (Å²) in [5, 5.41) is 8.11. The van der Waals surface area contributed by atoms with E-state index in [1.807, 2.05) is 0 Å². The molecule has 2 N–H and O–H groups in total. The third-order valence-corrected chi connectivity index (χ3v) is 5.07. The first-order valence-corrected chi connectivity index (χ1v) is 9.39. The van der Waals surface area contributed by atoms with Gasteiger partial charge in [0.25, 0.3) is 0 Å². The molecule has 0 aliphatic heterocycles. The largest absolute Gasteiger partial charge is 0.497 e. The van der Waals surface area contributed by atoms with Crippen LogP contribution in [0.15, 0.2) is 29.6 Å². The van der Waals surface area contributed by atoms with Gasteiger partial charge in [0.15, 0.2) is 11.9 Å². The van der Waals surface area contributed by atoms with E-state index in [1.54, 1.807) is 31.4 Å². The van der Waals surface area contributed by atoms with E-state index in [1.165, 1.54) is 43.4 Å². The summed E-state index contributed by atoms with van der Waals surface area (Å²) in [6.07, 6.45) is 6.26. The van der Waals surface area contributed by atoms with Crippen molar-refractivity contribution in [1.82, 2.24) is 10.3 Å². The number of carbonyl (C=O) groups is 1. The molecule has 0 atom stereocenters. The maximum Gasteiger partial charge on any atom is 0.323 e. The summed E-state index contributed by atoms with van der Waals surface area (Å²) in [6.45, 7) is 0.0824. The normalized spacial score (nSPS) is 14.8. The Balaban J connectivity index is 1.42. The van der Waals surface area contributed by atoms with Gasteiger partial charge in [-0.3, -0.25) is 5.32 Å². The molecule has 25 heavy (non-hydrogen) atoms. The molecule has 0 radical (unpaired) electrons. The number of thiazole rings is 1. The first-order chi connectivity index (χ1) is 12.2. The number of hydrogen-bond acceptors (Lipinski definition) is 5. The van der Waals surface area contributed by atoms with E-state index in [9.17, 15) is 4.79 Å². The molecule has 3 rings (SSSR count). The maximum absolute atomic E-state index is 11.9. The number of methoxy groups -OCH3 is 1. The number of hydrogen-bond donors (Lipinski definition) is 2. The van der Waals surface area contributed by atoms with Crippen molar-refractivity contribution in [3.8, 4) is 11.5 Å². The molecule has 1 aromatic heterocycles. The quantitative estimate of drug-likeness (QED) is 0.750. The number of nitrogens with zero attached hydrogens (tertiary/aromatic N) is 1. The standard InChI is InChI=1S/C18H23N3O3S/c1-23-14-7-9-15(10-8-14)24-12-19-17(22)21-18-20-16(11-25-18)13-5-3-2-4-6-13/h7-11,13H,2-6,12H2,1H3,(H2,19,20,21,22). The van der Waals surface area contributed by atoms with Gasteiger partial charge in [-0.15, -0.1) is 11.3 Å². The average molecular weight is 361 g/mol. The van der Waals surface area contributed by atoms with Gasteiger partial charge in [-0.1, -0.05) is 19.3 Å². The Bertz CT molecular complexity index is 681. The number of carbonyl (C=O) groups excluding carboxylic acids is 1. The van der Waals surface area contributed by atoms with E-state index >= 15 is 0 Å². The minimum absolute atomic E-state index is 0.0824. The lowest BCUT2D eigenvalue weighted by atomic mass is 9.87. The van der Waals surface area contributed by atoms with Gasteiger partial charge in [0.1, 0.15) is 11.5 Å². The lowest BCUT2D eigenvalue weighted by Gasteiger charge is -2.19. The third kappa shape index (κ3) is 5.09. The maximum atomic E-state index is 11.9. The number of amides is 2. The minimum atomic E-state index is -0.321. The Labute approximate surface area is 151 Å². The van der Waals surface area contributed by atoms with Gasteiger partial charge < -0.3 is 14.8 Å². The SMILES string of the molecule is COc1ccc(OCNC(=O)Nc2nc(C3CCCCC3)cs2)cc1. The first-order valence-electron chi connectivity index (χ1n) is 8.52. The number of aromatic nitrogens is 1. The molecule has 134 valence electrons. The summed E-state index contributed by atoms with van der Waals surface area (Å²) >= 11 is 1.47. The number of urea groups is 1. The summed E-state index contributed by atoms with van der Waals surface area (Å²) in [6, 6.07) is 6.86. The molecule has 0 spiro atoms. The van der Waals surface area contributed by atoms with Gasteiger partial charge in [-0.2, -0.15) is 0 Å². The van der Waals surface area contributed by atoms with Crippen LogP contribution in [0.4, 0.5) is 9.93 Å². The van der Waals surface area contributed by atoms with E-state index in [4.69, 9.17) is 9.47 Å². The van der Waals surface area contributed by atoms with Crippen molar-refractivity contribution in [2.24, 2.45) is 0 Å². The van der Waals surface area contributed by atoms with Crippen molar-refractivity contribution in [1.29, 1.82) is 0 Å². The Morgan fingerprint density at radius 2 is 1.92 bits per heavy atom. The summed E-state index contributed by atoms with van der Waals surface area (Å²) < 4.78 is 10.6. The molecule has 1 aromatic carbocycles. The molecule has 1 fully saturated rings. The van der Waals surface area contributed by atoms with Crippen molar-refractivity contribution < 1.29 is 14.3 Å². The minimum Gasteiger partial charge on any atom is -0.497 e. The zero-order valence-corrected chi connectivity index (χ0v) is 15.1. The molecule has 2 amide bonds. The smallest absolute Gasteiger partial charge is 0.323 e. The zero-order chi connectivity index (χ0) is 17.5. The highest BCUT2D eigenvalue weighted by Crippen LogP contribution is 2.33. The summed E-state index contributed by atoms with van der Waals surface area (Å²) in [7, 11) is 1.61. The van der Waals surface area contributed by atoms with E-state index in [2.05, 4.69) is 21.0 Å². The molecule has 7 heteroatoms. The first kappa shape index (κ1) is 17.5. The lowest BCUT2D eigenvalue weighted by molar-refractivity contribution is 0.234. The van der Waals surface area contributed by atoms with Crippen LogP contribution in [-0.4, -0.2) is 24.9 Å². The van der Waals surface area contributed by atoms with Crippen LogP contribution < -0.4 is 20.1 Å². The highest BCUT2D eigenvalue weighted by Gasteiger charge is 2.18. The number of anilines is 1. The number of nitrogens with one attached hydrogen (secondary N) is 2. The fourth-order valence-electron chi connectivity index (χ4n) is 2.93. The van der Waals surface area contributed by atoms with Crippen LogP contribution >= 0.6 is 11.3 Å². The van der Waals surface area contributed by atoms with Crippen LogP contribution in [0.5, 0.6) is 11.5 Å². The molecular formula is C18H23N3O3S. The summed E-state index contributed by atoms with van der Waals surface area (Å²) in [5.41, 5.74) is 1.11. The Morgan fingerprint density at radius 3 is 2.64 bits per heavy atom. The number of rotatable bonds is 6. The van der Waals surface area contributed by atoms with Crippen molar-refractivity contribution in [2.75, 3.05) is 19.2 Å². The molecule has 2 aromatic rings. The van der Waals surface area contributed by atoms with Crippen LogP contribution in [0.25, 0.3) is 0 Å². The van der Waals surface area contributed by atoms with Crippen LogP contribution in [-0.2, 0) is 0 Å². The fourth-order valence-corrected chi connectivity index (χ4v) is 3.71. The summed E-state index contributed by atoms with van der Waals surface area (Å²) in [4.78, 5) is 16.5. The van der Waals surface area contributed by atoms with Gasteiger partial charge in [0, 0.05) is 11.3 Å². The van der Waals surface area contributed by atoms with Crippen molar-refractivity contribution in [2.45, 2.75) is 38.0 Å². The Morgan fingerprint density at radius 1 is 1.20 bits per heavy atom. The molecule has 0 unspecified atom stereocenters. The topological polar surface area (TPSA) is 72.5 Å². The molecule has 0 bridgehead atoms. The van der Waals surface area contributed by atoms with Gasteiger partial charge in [0.05, 0.1) is 12.8 Å². The van der Waals surface area contributed by atoms with Crippen LogP contribution in [0.2, 0.25) is 0 Å². The second-order valence-electron chi connectivity index (χ2n) is 6.01. The second-order valence-corrected chi connectivity index (χ2v) is 6.87. The molecule has 1 aliphatic carbocycles.